The summed E-state index contributed by atoms with van der Waals surface area (Å²) >= 11 is 0. The van der Waals surface area contributed by atoms with Gasteiger partial charge in [-0.25, -0.2) is 14.4 Å². The van der Waals surface area contributed by atoms with E-state index in [0.29, 0.717) is 11.4 Å². The predicted octanol–water partition coefficient (Wildman–Crippen LogP) is 2.78. The average Bonchev–Trinajstić information content (AvgIpc) is 2.60. The van der Waals surface area contributed by atoms with E-state index in [1.807, 2.05) is 0 Å². The highest BCUT2D eigenvalue weighted by Crippen LogP contribution is 2.19. The largest absolute Gasteiger partial charge is 0.478 e. The highest BCUT2D eigenvalue weighted by molar-refractivity contribution is 6.03. The molecule has 0 spiro atoms. The third-order valence-electron chi connectivity index (χ3n) is 3.58. The molecule has 0 aliphatic rings. The molecule has 0 bridgehead atoms. The Balaban J connectivity index is 2.16. The summed E-state index contributed by atoms with van der Waals surface area (Å²) in [5.41, 5.74) is 1.35. The molecule has 124 valence electrons. The van der Waals surface area contributed by atoms with Gasteiger partial charge in [0.1, 0.15) is 0 Å². The van der Waals surface area contributed by atoms with E-state index < -0.39 is 11.9 Å². The number of carboxylic acids is 2. The van der Waals surface area contributed by atoms with Gasteiger partial charge in [-0.15, -0.1) is 0 Å². The lowest BCUT2D eigenvalue weighted by atomic mass is 10.2. The minimum atomic E-state index is -1.04. The van der Waals surface area contributed by atoms with Crippen molar-refractivity contribution in [3.05, 3.63) is 59.7 Å². The van der Waals surface area contributed by atoms with Crippen LogP contribution in [0, 0.1) is 0 Å². The van der Waals surface area contributed by atoms with Gasteiger partial charge in [-0.05, 0) is 48.5 Å². The molecule has 0 aliphatic carbocycles. The second-order valence-electron chi connectivity index (χ2n) is 5.10. The molecule has 7 nitrogen and oxygen atoms in total. The van der Waals surface area contributed by atoms with Crippen LogP contribution < -0.4 is 9.80 Å². The maximum absolute atomic E-state index is 12.5. The normalized spacial score (nSPS) is 10.1. The van der Waals surface area contributed by atoms with E-state index in [0.717, 1.165) is 0 Å². The third-order valence-corrected chi connectivity index (χ3v) is 3.58. The Hall–Kier alpha value is -3.35. The molecule has 7 heteroatoms. The van der Waals surface area contributed by atoms with Crippen molar-refractivity contribution in [2.75, 3.05) is 23.9 Å². The van der Waals surface area contributed by atoms with Crippen molar-refractivity contribution in [1.82, 2.24) is 0 Å². The Labute approximate surface area is 138 Å². The monoisotopic (exact) mass is 328 g/mol. The SMILES string of the molecule is CN(C(=O)N(C)c1ccc(C(=O)O)cc1)c1ccc(C(=O)O)cc1. The van der Waals surface area contributed by atoms with Gasteiger partial charge in [-0.1, -0.05) is 0 Å². The van der Waals surface area contributed by atoms with Crippen molar-refractivity contribution in [3.8, 4) is 0 Å². The maximum Gasteiger partial charge on any atom is 0.335 e. The molecule has 0 saturated heterocycles. The fourth-order valence-electron chi connectivity index (χ4n) is 2.10. The molecular weight excluding hydrogens is 312 g/mol. The molecule has 2 rings (SSSR count). The number of carbonyl (C=O) groups excluding carboxylic acids is 1. The van der Waals surface area contributed by atoms with E-state index in [9.17, 15) is 14.4 Å². The summed E-state index contributed by atoms with van der Waals surface area (Å²) in [5, 5.41) is 17.8. The zero-order chi connectivity index (χ0) is 17.9. The summed E-state index contributed by atoms with van der Waals surface area (Å²) < 4.78 is 0. The number of urea groups is 1. The second kappa shape index (κ2) is 6.82. The number of amides is 2. The molecule has 0 aromatic heterocycles. The molecule has 0 saturated carbocycles. The highest BCUT2D eigenvalue weighted by atomic mass is 16.4. The first kappa shape index (κ1) is 17.0. The van der Waals surface area contributed by atoms with Crippen LogP contribution in [0.1, 0.15) is 20.7 Å². The molecule has 2 aromatic carbocycles. The van der Waals surface area contributed by atoms with Crippen LogP contribution in [0.25, 0.3) is 0 Å². The van der Waals surface area contributed by atoms with Crippen LogP contribution in [0.3, 0.4) is 0 Å². The Kier molecular flexibility index (Phi) is 4.84. The maximum atomic E-state index is 12.5. The fourth-order valence-corrected chi connectivity index (χ4v) is 2.10. The third kappa shape index (κ3) is 3.52. The number of carbonyl (C=O) groups is 3. The number of anilines is 2. The number of nitrogens with zero attached hydrogens (tertiary/aromatic N) is 2. The zero-order valence-electron chi connectivity index (χ0n) is 13.1. The van der Waals surface area contributed by atoms with E-state index in [1.165, 1.54) is 34.1 Å². The first-order chi connectivity index (χ1) is 11.3. The van der Waals surface area contributed by atoms with Gasteiger partial charge in [-0.3, -0.25) is 9.80 Å². The first-order valence-corrected chi connectivity index (χ1v) is 6.99. The van der Waals surface area contributed by atoms with Crippen molar-refractivity contribution < 1.29 is 24.6 Å². The lowest BCUT2D eigenvalue weighted by molar-refractivity contribution is 0.0686. The Bertz CT molecular complexity index is 703. The van der Waals surface area contributed by atoms with Crippen LogP contribution in [0.4, 0.5) is 16.2 Å². The highest BCUT2D eigenvalue weighted by Gasteiger charge is 2.18. The molecule has 0 radical (unpaired) electrons. The van der Waals surface area contributed by atoms with Crippen LogP contribution in [-0.2, 0) is 0 Å². The predicted molar refractivity (Wildman–Crippen MR) is 89.0 cm³/mol. The van der Waals surface area contributed by atoms with Crippen LogP contribution in [0.5, 0.6) is 0 Å². The lowest BCUT2D eigenvalue weighted by Crippen LogP contribution is -2.38. The standard InChI is InChI=1S/C17H16N2O5/c1-18(13-7-3-11(4-8-13)15(20)21)17(24)19(2)14-9-5-12(6-10-14)16(22)23/h3-10H,1-2H3,(H,20,21)(H,22,23). The van der Waals surface area contributed by atoms with Crippen molar-refractivity contribution in [2.24, 2.45) is 0 Å². The van der Waals surface area contributed by atoms with E-state index in [-0.39, 0.29) is 17.2 Å². The van der Waals surface area contributed by atoms with E-state index >= 15 is 0 Å². The smallest absolute Gasteiger partial charge is 0.335 e. The number of aromatic carboxylic acids is 2. The van der Waals surface area contributed by atoms with Crippen molar-refractivity contribution >= 4 is 29.3 Å². The van der Waals surface area contributed by atoms with Gasteiger partial charge in [0.25, 0.3) is 0 Å². The molecule has 2 N–H and O–H groups in total. The van der Waals surface area contributed by atoms with E-state index in [1.54, 1.807) is 38.4 Å². The van der Waals surface area contributed by atoms with Crippen LogP contribution in [0.15, 0.2) is 48.5 Å². The van der Waals surface area contributed by atoms with Crippen LogP contribution in [0.2, 0.25) is 0 Å². The Morgan fingerprint density at radius 2 is 0.958 bits per heavy atom. The summed E-state index contributed by atoms with van der Waals surface area (Å²) in [6.45, 7) is 0. The molecule has 0 aliphatic heterocycles. The number of hydrogen-bond donors (Lipinski definition) is 2. The first-order valence-electron chi connectivity index (χ1n) is 6.99. The summed E-state index contributed by atoms with van der Waals surface area (Å²) in [4.78, 5) is 37.0. The molecule has 0 fully saturated rings. The minimum absolute atomic E-state index is 0.136. The molecule has 0 atom stereocenters. The van der Waals surface area contributed by atoms with Gasteiger partial charge in [0.2, 0.25) is 0 Å². The van der Waals surface area contributed by atoms with E-state index in [2.05, 4.69) is 0 Å². The number of carboxylic acid groups (broad SMARTS) is 2. The second-order valence-corrected chi connectivity index (χ2v) is 5.10. The summed E-state index contributed by atoms with van der Waals surface area (Å²) in [6.07, 6.45) is 0. The average molecular weight is 328 g/mol. The molecule has 0 heterocycles. The Morgan fingerprint density at radius 3 is 1.21 bits per heavy atom. The molecule has 24 heavy (non-hydrogen) atoms. The summed E-state index contributed by atoms with van der Waals surface area (Å²) in [7, 11) is 3.14. The van der Waals surface area contributed by atoms with Gasteiger partial charge in [0.05, 0.1) is 11.1 Å². The minimum Gasteiger partial charge on any atom is -0.478 e. The van der Waals surface area contributed by atoms with Gasteiger partial charge >= 0.3 is 18.0 Å². The van der Waals surface area contributed by atoms with Gasteiger partial charge < -0.3 is 10.2 Å². The van der Waals surface area contributed by atoms with E-state index in [4.69, 9.17) is 10.2 Å². The number of benzene rings is 2. The topological polar surface area (TPSA) is 98.2 Å². The van der Waals surface area contributed by atoms with Crippen LogP contribution >= 0.6 is 0 Å². The van der Waals surface area contributed by atoms with Gasteiger partial charge in [0.15, 0.2) is 0 Å². The summed E-state index contributed by atoms with van der Waals surface area (Å²) in [6, 6.07) is 11.5. The van der Waals surface area contributed by atoms with Gasteiger partial charge in [0, 0.05) is 25.5 Å². The van der Waals surface area contributed by atoms with Gasteiger partial charge in [-0.2, -0.15) is 0 Å². The molecular formula is C17H16N2O5. The Morgan fingerprint density at radius 1 is 0.667 bits per heavy atom. The van der Waals surface area contributed by atoms with Crippen molar-refractivity contribution in [3.63, 3.8) is 0 Å². The molecule has 0 unspecified atom stereocenters. The van der Waals surface area contributed by atoms with Crippen molar-refractivity contribution in [2.45, 2.75) is 0 Å². The molecule has 2 amide bonds. The zero-order valence-corrected chi connectivity index (χ0v) is 13.1. The molecule has 2 aromatic rings. The van der Waals surface area contributed by atoms with Crippen LogP contribution in [-0.4, -0.2) is 42.3 Å². The lowest BCUT2D eigenvalue weighted by Gasteiger charge is -2.25. The number of rotatable bonds is 4. The summed E-state index contributed by atoms with van der Waals surface area (Å²) in [5.74, 6) is -2.07. The van der Waals surface area contributed by atoms with Crippen molar-refractivity contribution in [1.29, 1.82) is 0 Å². The fraction of sp³-hybridized carbons (Fsp3) is 0.118. The number of hydrogen-bond acceptors (Lipinski definition) is 3. The quantitative estimate of drug-likeness (QED) is 0.899.